The molecule has 2 unspecified atom stereocenters. The molecular weight excluding hydrogens is 276 g/mol. The lowest BCUT2D eigenvalue weighted by Crippen LogP contribution is -2.18. The van der Waals surface area contributed by atoms with Gasteiger partial charge in [0.2, 0.25) is 0 Å². The van der Waals surface area contributed by atoms with Crippen LogP contribution < -0.4 is 0 Å². The minimum atomic E-state index is -1.26. The molecule has 0 aliphatic heterocycles. The first-order valence-electron chi connectivity index (χ1n) is 5.02. The predicted molar refractivity (Wildman–Crippen MR) is 66.7 cm³/mol. The molecule has 2 aromatic rings. The van der Waals surface area contributed by atoms with Crippen molar-refractivity contribution in [3.05, 3.63) is 21.2 Å². The Morgan fingerprint density at radius 1 is 0.944 bits per heavy atom. The summed E-state index contributed by atoms with van der Waals surface area (Å²) in [5, 5.41) is 32.9. The first-order chi connectivity index (χ1) is 8.43. The molecule has 8 nitrogen and oxygen atoms in total. The molecule has 0 spiro atoms. The summed E-state index contributed by atoms with van der Waals surface area (Å²) in [4.78, 5) is 0. The molecule has 0 radical (unpaired) electrons. The second kappa shape index (κ2) is 4.72. The minimum Gasteiger partial charge on any atom is -0.382 e. The molecule has 4 N–H and O–H groups in total. The van der Waals surface area contributed by atoms with Crippen molar-refractivity contribution in [2.75, 3.05) is 0 Å². The van der Waals surface area contributed by atoms with Gasteiger partial charge in [0.05, 0.1) is 0 Å². The number of aliphatic hydroxyl groups excluding tert-OH is 2. The van der Waals surface area contributed by atoms with Crippen molar-refractivity contribution in [1.29, 1.82) is 0 Å². The highest BCUT2D eigenvalue weighted by Gasteiger charge is 2.28. The van der Waals surface area contributed by atoms with Gasteiger partial charge in [0, 0.05) is 14.1 Å². The Hall–Kier alpha value is -1.36. The lowest BCUT2D eigenvalue weighted by molar-refractivity contribution is 0.00288. The van der Waals surface area contributed by atoms with Crippen LogP contribution in [0.4, 0.5) is 0 Å². The molecule has 0 fully saturated rings. The number of aromatic amines is 2. The Morgan fingerprint density at radius 3 is 1.50 bits per heavy atom. The van der Waals surface area contributed by atoms with Gasteiger partial charge in [-0.05, 0) is 24.4 Å². The average molecular weight is 288 g/mol. The zero-order valence-electron chi connectivity index (χ0n) is 9.65. The first-order valence-corrected chi connectivity index (χ1v) is 5.84. The molecule has 98 valence electrons. The van der Waals surface area contributed by atoms with E-state index in [1.807, 2.05) is 0 Å². The van der Waals surface area contributed by atoms with Crippen LogP contribution in [0.25, 0.3) is 0 Å². The van der Waals surface area contributed by atoms with E-state index in [-0.39, 0.29) is 11.6 Å². The number of hydrogen-bond donors (Lipinski definition) is 4. The largest absolute Gasteiger partial charge is 0.382 e. The van der Waals surface area contributed by atoms with Crippen molar-refractivity contribution in [2.45, 2.75) is 12.2 Å². The lowest BCUT2D eigenvalue weighted by Gasteiger charge is -2.15. The van der Waals surface area contributed by atoms with Crippen LogP contribution in [0.5, 0.6) is 0 Å². The van der Waals surface area contributed by atoms with Crippen molar-refractivity contribution < 1.29 is 10.2 Å². The Kier molecular flexibility index (Phi) is 3.43. The molecule has 0 aliphatic rings. The van der Waals surface area contributed by atoms with Gasteiger partial charge in [-0.1, -0.05) is 0 Å². The van der Waals surface area contributed by atoms with Crippen LogP contribution in [0.15, 0.2) is 0 Å². The summed E-state index contributed by atoms with van der Waals surface area (Å²) in [5.41, 5.74) is 0. The van der Waals surface area contributed by atoms with Crippen LogP contribution in [0.1, 0.15) is 23.9 Å². The van der Waals surface area contributed by atoms with Gasteiger partial charge in [0.15, 0.2) is 21.2 Å². The number of H-pyrrole nitrogens is 2. The normalized spacial score (nSPS) is 14.7. The van der Waals surface area contributed by atoms with E-state index in [9.17, 15) is 10.2 Å². The molecular formula is C8H12N6O2S2. The van der Waals surface area contributed by atoms with Crippen LogP contribution in [0.3, 0.4) is 0 Å². The summed E-state index contributed by atoms with van der Waals surface area (Å²) in [6.07, 6.45) is -2.52. The fraction of sp³-hybridized carbons (Fsp3) is 0.500. The maximum atomic E-state index is 10.1. The third-order valence-corrected chi connectivity index (χ3v) is 3.39. The van der Waals surface area contributed by atoms with E-state index in [4.69, 9.17) is 24.4 Å². The van der Waals surface area contributed by atoms with E-state index >= 15 is 0 Å². The fourth-order valence-corrected chi connectivity index (χ4v) is 1.81. The van der Waals surface area contributed by atoms with E-state index in [1.54, 1.807) is 14.1 Å². The molecule has 0 aliphatic carbocycles. The van der Waals surface area contributed by atoms with Crippen molar-refractivity contribution in [3.63, 3.8) is 0 Å². The van der Waals surface area contributed by atoms with E-state index in [1.165, 1.54) is 9.13 Å². The van der Waals surface area contributed by atoms with Crippen molar-refractivity contribution in [2.24, 2.45) is 14.1 Å². The molecule has 0 saturated heterocycles. The van der Waals surface area contributed by atoms with Crippen LogP contribution in [0.2, 0.25) is 0 Å². The Balaban J connectivity index is 2.37. The fourth-order valence-electron chi connectivity index (χ4n) is 1.53. The van der Waals surface area contributed by atoms with Gasteiger partial charge in [-0.25, -0.2) is 0 Å². The molecule has 0 saturated carbocycles. The lowest BCUT2D eigenvalue weighted by atomic mass is 10.2. The summed E-state index contributed by atoms with van der Waals surface area (Å²) in [6, 6.07) is 0. The van der Waals surface area contributed by atoms with Gasteiger partial charge < -0.3 is 19.3 Å². The standard InChI is InChI=1S/C8H12N6O2S2/c1-13-5(9-11-7(13)17)3(15)4(16)6-10-12-8(18)14(6)2/h3-4,15-16H,1-2H3,(H,11,17)(H,12,18). The minimum absolute atomic E-state index is 0.224. The van der Waals surface area contributed by atoms with Gasteiger partial charge in [-0.3, -0.25) is 10.2 Å². The zero-order chi connectivity index (χ0) is 13.4. The SMILES string of the molecule is Cn1c(C(O)C(O)c2n[nH]c(=S)n2C)n[nH]c1=S. The number of aromatic nitrogens is 6. The van der Waals surface area contributed by atoms with E-state index in [0.29, 0.717) is 9.54 Å². The number of aliphatic hydroxyl groups is 2. The average Bonchev–Trinajstić information content (AvgIpc) is 2.84. The highest BCUT2D eigenvalue weighted by atomic mass is 32.1. The molecule has 0 amide bonds. The molecule has 0 bridgehead atoms. The third-order valence-electron chi connectivity index (χ3n) is 2.66. The third kappa shape index (κ3) is 2.03. The molecule has 18 heavy (non-hydrogen) atoms. The number of nitrogens with one attached hydrogen (secondary N) is 2. The Labute approximate surface area is 112 Å². The number of rotatable bonds is 3. The summed E-state index contributed by atoms with van der Waals surface area (Å²) < 4.78 is 3.66. The molecule has 2 aromatic heterocycles. The van der Waals surface area contributed by atoms with Gasteiger partial charge in [-0.15, -0.1) is 0 Å². The summed E-state index contributed by atoms with van der Waals surface area (Å²) in [7, 11) is 3.28. The van der Waals surface area contributed by atoms with Gasteiger partial charge >= 0.3 is 0 Å². The van der Waals surface area contributed by atoms with Crippen molar-refractivity contribution in [1.82, 2.24) is 29.5 Å². The molecule has 2 rings (SSSR count). The van der Waals surface area contributed by atoms with Crippen LogP contribution >= 0.6 is 24.4 Å². The molecule has 2 heterocycles. The zero-order valence-corrected chi connectivity index (χ0v) is 11.3. The van der Waals surface area contributed by atoms with Crippen molar-refractivity contribution in [3.8, 4) is 0 Å². The van der Waals surface area contributed by atoms with E-state index < -0.39 is 12.2 Å². The van der Waals surface area contributed by atoms with Crippen LogP contribution in [-0.2, 0) is 14.1 Å². The second-order valence-electron chi connectivity index (χ2n) is 3.78. The van der Waals surface area contributed by atoms with Crippen molar-refractivity contribution >= 4 is 24.4 Å². The maximum Gasteiger partial charge on any atom is 0.194 e. The Bertz CT molecular complexity index is 609. The first kappa shape index (κ1) is 13.1. The second-order valence-corrected chi connectivity index (χ2v) is 4.56. The topological polar surface area (TPSA) is 108 Å². The number of hydrogen-bond acceptors (Lipinski definition) is 6. The monoisotopic (exact) mass is 288 g/mol. The van der Waals surface area contributed by atoms with E-state index in [0.717, 1.165) is 0 Å². The summed E-state index contributed by atoms with van der Waals surface area (Å²) in [5.74, 6) is 0.447. The molecule has 10 heteroatoms. The van der Waals surface area contributed by atoms with E-state index in [2.05, 4.69) is 20.4 Å². The quantitative estimate of drug-likeness (QED) is 0.594. The smallest absolute Gasteiger partial charge is 0.194 e. The molecule has 2 atom stereocenters. The molecule has 0 aromatic carbocycles. The highest BCUT2D eigenvalue weighted by molar-refractivity contribution is 7.71. The van der Waals surface area contributed by atoms with Gasteiger partial charge in [-0.2, -0.15) is 10.2 Å². The summed E-state index contributed by atoms with van der Waals surface area (Å²) >= 11 is 9.87. The van der Waals surface area contributed by atoms with Gasteiger partial charge in [0.25, 0.3) is 0 Å². The van der Waals surface area contributed by atoms with Gasteiger partial charge in [0.1, 0.15) is 12.2 Å². The van der Waals surface area contributed by atoms with Crippen LogP contribution in [-0.4, -0.2) is 39.7 Å². The van der Waals surface area contributed by atoms with Crippen LogP contribution in [0, 0.1) is 9.54 Å². The Morgan fingerprint density at radius 2 is 1.28 bits per heavy atom. The highest BCUT2D eigenvalue weighted by Crippen LogP contribution is 2.25. The summed E-state index contributed by atoms with van der Waals surface area (Å²) in [6.45, 7) is 0. The maximum absolute atomic E-state index is 10.1. The predicted octanol–water partition coefficient (Wildman–Crippen LogP) is 0.0358. The number of nitrogens with zero attached hydrogens (tertiary/aromatic N) is 4.